The molecule has 3 aromatic rings. The van der Waals surface area contributed by atoms with Gasteiger partial charge in [0.2, 0.25) is 0 Å². The number of hydrogen-bond acceptors (Lipinski definition) is 5. The van der Waals surface area contributed by atoms with Crippen molar-refractivity contribution in [2.75, 3.05) is 26.4 Å². The maximum absolute atomic E-state index is 12.0. The summed E-state index contributed by atoms with van der Waals surface area (Å²) >= 11 is -0.255. The van der Waals surface area contributed by atoms with Crippen molar-refractivity contribution in [3.05, 3.63) is 85.0 Å². The molecule has 0 saturated carbocycles. The molecule has 0 unspecified atom stereocenters. The molecule has 37 heavy (non-hydrogen) atoms. The standard InChI is InChI=1S/C31H36IO5/c1-6-31(19-34-20-31)21-36-29(33)18-35-25-11-13-26(14-12-25)37-27-15-16-28(22(2)17-27)32-24-9-7-23(8-10-24)30(3,4)5/h7-17H,6,18-21H2,1-5H3/q+1. The lowest BCUT2D eigenvalue weighted by Crippen LogP contribution is -3.61. The van der Waals surface area contributed by atoms with Crippen molar-refractivity contribution in [3.8, 4) is 17.2 Å². The first-order valence-corrected chi connectivity index (χ1v) is 14.8. The average Bonchev–Trinajstić information content (AvgIpc) is 2.85. The number of ether oxygens (including phenoxy) is 4. The molecule has 4 rings (SSSR count). The van der Waals surface area contributed by atoms with Gasteiger partial charge in [-0.25, -0.2) is 4.79 Å². The molecule has 6 heteroatoms. The van der Waals surface area contributed by atoms with Crippen molar-refractivity contribution < 1.29 is 44.9 Å². The first-order valence-electron chi connectivity index (χ1n) is 12.7. The number of carbonyl (C=O) groups is 1. The van der Waals surface area contributed by atoms with Gasteiger partial charge >= 0.3 is 27.2 Å². The molecule has 0 aromatic heterocycles. The topological polar surface area (TPSA) is 54.0 Å². The normalized spacial score (nSPS) is 14.5. The van der Waals surface area contributed by atoms with Crippen molar-refractivity contribution in [1.29, 1.82) is 0 Å². The van der Waals surface area contributed by atoms with E-state index >= 15 is 0 Å². The van der Waals surface area contributed by atoms with Crippen LogP contribution in [0.3, 0.4) is 0 Å². The van der Waals surface area contributed by atoms with Crippen LogP contribution in [0.4, 0.5) is 0 Å². The highest BCUT2D eigenvalue weighted by Gasteiger charge is 2.38. The Morgan fingerprint density at radius 2 is 1.59 bits per heavy atom. The van der Waals surface area contributed by atoms with Crippen LogP contribution in [0.15, 0.2) is 66.7 Å². The fourth-order valence-corrected chi connectivity index (χ4v) is 6.19. The van der Waals surface area contributed by atoms with Crippen LogP contribution in [0.2, 0.25) is 0 Å². The summed E-state index contributed by atoms with van der Waals surface area (Å²) in [7, 11) is 0. The molecule has 0 aliphatic carbocycles. The van der Waals surface area contributed by atoms with Gasteiger partial charge < -0.3 is 18.9 Å². The smallest absolute Gasteiger partial charge is 0.358 e. The first-order chi connectivity index (χ1) is 17.7. The molecular weight excluding hydrogens is 579 g/mol. The third kappa shape index (κ3) is 7.48. The summed E-state index contributed by atoms with van der Waals surface area (Å²) < 4.78 is 25.1. The van der Waals surface area contributed by atoms with Gasteiger partial charge in [-0.15, -0.1) is 0 Å². The molecule has 1 heterocycles. The van der Waals surface area contributed by atoms with Gasteiger partial charge in [0.05, 0.1) is 18.6 Å². The lowest BCUT2D eigenvalue weighted by atomic mass is 9.84. The molecule has 196 valence electrons. The van der Waals surface area contributed by atoms with E-state index in [9.17, 15) is 4.79 Å². The number of esters is 1. The van der Waals surface area contributed by atoms with Crippen LogP contribution in [0, 0.1) is 19.5 Å². The molecule has 1 aliphatic rings. The van der Waals surface area contributed by atoms with Crippen LogP contribution < -0.4 is 30.7 Å². The summed E-state index contributed by atoms with van der Waals surface area (Å²) in [5.74, 6) is 1.73. The van der Waals surface area contributed by atoms with Crippen molar-refractivity contribution in [1.82, 2.24) is 0 Å². The van der Waals surface area contributed by atoms with Gasteiger partial charge in [-0.05, 0) is 78.9 Å². The van der Waals surface area contributed by atoms with Crippen molar-refractivity contribution in [3.63, 3.8) is 0 Å². The maximum Gasteiger partial charge on any atom is 0.358 e. The van der Waals surface area contributed by atoms with E-state index < -0.39 is 0 Å². The maximum atomic E-state index is 12.0. The molecule has 0 spiro atoms. The van der Waals surface area contributed by atoms with Gasteiger partial charge in [0, 0.05) is 5.56 Å². The highest BCUT2D eigenvalue weighted by molar-refractivity contribution is 5.71. The zero-order valence-corrected chi connectivity index (χ0v) is 24.5. The predicted octanol–water partition coefficient (Wildman–Crippen LogP) is 3.56. The zero-order chi connectivity index (χ0) is 26.5. The SMILES string of the molecule is CCC1(COC(=O)COc2ccc(Oc3ccc([I+]c4ccc(C(C)(C)C)cc4)c(C)c3)cc2)COC1. The Morgan fingerprint density at radius 1 is 0.946 bits per heavy atom. The molecule has 0 N–H and O–H groups in total. The van der Waals surface area contributed by atoms with Gasteiger partial charge in [-0.1, -0.05) is 39.8 Å². The van der Waals surface area contributed by atoms with Crippen LogP contribution in [0.1, 0.15) is 45.2 Å². The van der Waals surface area contributed by atoms with Gasteiger partial charge in [0.25, 0.3) is 0 Å². The van der Waals surface area contributed by atoms with E-state index in [-0.39, 0.29) is 44.6 Å². The Bertz CT molecular complexity index is 1190. The molecule has 1 aliphatic heterocycles. The Kier molecular flexibility index (Phi) is 8.80. The number of halogens is 1. The summed E-state index contributed by atoms with van der Waals surface area (Å²) in [6, 6.07) is 22.6. The molecule has 1 fully saturated rings. The Labute approximate surface area is 230 Å². The fraction of sp³-hybridized carbons (Fsp3) is 0.387. The summed E-state index contributed by atoms with van der Waals surface area (Å²) in [5, 5.41) is 0. The van der Waals surface area contributed by atoms with Gasteiger partial charge in [0.15, 0.2) is 13.7 Å². The Morgan fingerprint density at radius 3 is 2.16 bits per heavy atom. The molecule has 0 bridgehead atoms. The van der Waals surface area contributed by atoms with Crippen LogP contribution >= 0.6 is 0 Å². The van der Waals surface area contributed by atoms with Crippen molar-refractivity contribution >= 4 is 5.97 Å². The molecular formula is C31H36IO5+. The lowest BCUT2D eigenvalue weighted by molar-refractivity contribution is -0.598. The summed E-state index contributed by atoms with van der Waals surface area (Å²) in [5.41, 5.74) is 2.75. The van der Waals surface area contributed by atoms with Gasteiger partial charge in [-0.2, -0.15) is 0 Å². The van der Waals surface area contributed by atoms with Crippen LogP contribution in [-0.4, -0.2) is 32.4 Å². The number of rotatable bonds is 10. The molecule has 1 saturated heterocycles. The second-order valence-corrected chi connectivity index (χ2v) is 13.6. The zero-order valence-electron chi connectivity index (χ0n) is 22.3. The highest BCUT2D eigenvalue weighted by atomic mass is 127. The van der Waals surface area contributed by atoms with Gasteiger partial charge in [-0.3, -0.25) is 0 Å². The average molecular weight is 616 g/mol. The van der Waals surface area contributed by atoms with Crippen LogP contribution in [-0.2, 0) is 19.7 Å². The van der Waals surface area contributed by atoms with E-state index in [2.05, 4.69) is 71.0 Å². The highest BCUT2D eigenvalue weighted by Crippen LogP contribution is 2.31. The molecule has 5 nitrogen and oxygen atoms in total. The third-order valence-corrected chi connectivity index (χ3v) is 9.71. The van der Waals surface area contributed by atoms with Gasteiger partial charge in [0.1, 0.15) is 23.9 Å². The Hall–Kier alpha value is -2.58. The molecule has 0 radical (unpaired) electrons. The first kappa shape index (κ1) is 27.5. The van der Waals surface area contributed by atoms with Crippen molar-refractivity contribution in [2.24, 2.45) is 5.41 Å². The predicted molar refractivity (Wildman–Crippen MR) is 140 cm³/mol. The number of aryl methyl sites for hydroxylation is 1. The minimum atomic E-state index is -0.372. The summed E-state index contributed by atoms with van der Waals surface area (Å²) in [4.78, 5) is 12.0. The Balaban J connectivity index is 1.27. The monoisotopic (exact) mass is 615 g/mol. The van der Waals surface area contributed by atoms with Crippen LogP contribution in [0.5, 0.6) is 17.2 Å². The van der Waals surface area contributed by atoms with E-state index in [0.717, 1.165) is 12.2 Å². The number of hydrogen-bond donors (Lipinski definition) is 0. The summed E-state index contributed by atoms with van der Waals surface area (Å²) in [6.45, 7) is 12.5. The van der Waals surface area contributed by atoms with E-state index in [0.29, 0.717) is 31.3 Å². The van der Waals surface area contributed by atoms with E-state index in [4.69, 9.17) is 18.9 Å². The van der Waals surface area contributed by atoms with Crippen LogP contribution in [0.25, 0.3) is 0 Å². The second kappa shape index (κ2) is 11.9. The van der Waals surface area contributed by atoms with E-state index in [1.165, 1.54) is 18.3 Å². The minimum Gasteiger partial charge on any atom is -0.482 e. The molecule has 0 atom stereocenters. The summed E-state index contributed by atoms with van der Waals surface area (Å²) in [6.07, 6.45) is 0.928. The van der Waals surface area contributed by atoms with E-state index in [1.807, 2.05) is 18.2 Å². The molecule has 0 amide bonds. The van der Waals surface area contributed by atoms with Crippen molar-refractivity contribution in [2.45, 2.75) is 46.5 Å². The number of benzene rings is 3. The largest absolute Gasteiger partial charge is 0.482 e. The second-order valence-electron chi connectivity index (χ2n) is 10.6. The van der Waals surface area contributed by atoms with E-state index in [1.54, 1.807) is 12.1 Å². The number of carbonyl (C=O) groups excluding carboxylic acids is 1. The third-order valence-electron chi connectivity index (χ3n) is 6.57. The fourth-order valence-electron chi connectivity index (χ4n) is 3.85. The quantitative estimate of drug-likeness (QED) is 0.258. The minimum absolute atomic E-state index is 0.0232. The lowest BCUT2D eigenvalue weighted by Gasteiger charge is -2.39. The molecule has 3 aromatic carbocycles.